The lowest BCUT2D eigenvalue weighted by Gasteiger charge is -2.10. The molecule has 0 saturated carbocycles. The van der Waals surface area contributed by atoms with Crippen LogP contribution in [0.2, 0.25) is 10.0 Å². The Morgan fingerprint density at radius 3 is 2.47 bits per heavy atom. The van der Waals surface area contributed by atoms with Crippen LogP contribution in [0.3, 0.4) is 0 Å². The topological polar surface area (TPSA) is 109 Å². The molecule has 0 radical (unpaired) electrons. The third-order valence-electron chi connectivity index (χ3n) is 2.08. The van der Waals surface area contributed by atoms with Crippen LogP contribution in [0.4, 0.5) is 11.6 Å². The highest BCUT2D eigenvalue weighted by atomic mass is 35.5. The summed E-state index contributed by atoms with van der Waals surface area (Å²) in [5.41, 5.74) is 2.35. The molecule has 0 saturated heterocycles. The SMILES string of the molecule is CS(=O)(=O)NCCCNc1nc(NN)c(Cl)cc1Cl. The minimum Gasteiger partial charge on any atom is -0.369 e. The van der Waals surface area contributed by atoms with Gasteiger partial charge in [-0.15, -0.1) is 0 Å². The summed E-state index contributed by atoms with van der Waals surface area (Å²) >= 11 is 11.8. The van der Waals surface area contributed by atoms with E-state index < -0.39 is 10.0 Å². The van der Waals surface area contributed by atoms with Gasteiger partial charge in [0.15, 0.2) is 5.82 Å². The first kappa shape index (κ1) is 16.3. The number of nitrogen functional groups attached to an aromatic ring is 1. The first-order chi connectivity index (χ1) is 8.83. The average Bonchev–Trinajstić information content (AvgIpc) is 2.29. The standard InChI is InChI=1S/C9H15Cl2N5O2S/c1-19(17,18)14-4-2-3-13-8-6(10)5-7(11)9(15-8)16-12/h5,14H,2-4,12H2,1H3,(H2,13,15,16). The average molecular weight is 328 g/mol. The number of hydrogen-bond donors (Lipinski definition) is 4. The molecule has 0 fully saturated rings. The van der Waals surface area contributed by atoms with Crippen molar-refractivity contribution in [2.45, 2.75) is 6.42 Å². The van der Waals surface area contributed by atoms with Gasteiger partial charge in [-0.25, -0.2) is 24.0 Å². The zero-order chi connectivity index (χ0) is 14.5. The van der Waals surface area contributed by atoms with Gasteiger partial charge in [0.2, 0.25) is 10.0 Å². The Kier molecular flexibility index (Phi) is 6.08. The molecular weight excluding hydrogens is 313 g/mol. The van der Waals surface area contributed by atoms with E-state index in [1.54, 1.807) is 0 Å². The van der Waals surface area contributed by atoms with Crippen molar-refractivity contribution in [2.75, 3.05) is 30.1 Å². The lowest BCUT2D eigenvalue weighted by Crippen LogP contribution is -2.24. The van der Waals surface area contributed by atoms with Gasteiger partial charge < -0.3 is 10.7 Å². The van der Waals surface area contributed by atoms with Crippen molar-refractivity contribution in [2.24, 2.45) is 5.84 Å². The molecule has 1 rings (SSSR count). The molecule has 1 aromatic heterocycles. The van der Waals surface area contributed by atoms with E-state index in [1.165, 1.54) is 6.07 Å². The van der Waals surface area contributed by atoms with Crippen LogP contribution in [0.5, 0.6) is 0 Å². The van der Waals surface area contributed by atoms with Crippen molar-refractivity contribution in [1.29, 1.82) is 0 Å². The number of halogens is 2. The van der Waals surface area contributed by atoms with Crippen LogP contribution in [-0.2, 0) is 10.0 Å². The molecule has 0 unspecified atom stereocenters. The molecule has 1 aromatic rings. The number of sulfonamides is 1. The molecule has 7 nitrogen and oxygen atoms in total. The van der Waals surface area contributed by atoms with Crippen LogP contribution in [0.15, 0.2) is 6.07 Å². The molecule has 0 spiro atoms. The normalized spacial score (nSPS) is 11.4. The number of nitrogens with one attached hydrogen (secondary N) is 3. The van der Waals surface area contributed by atoms with E-state index >= 15 is 0 Å². The van der Waals surface area contributed by atoms with Crippen molar-refractivity contribution in [3.05, 3.63) is 16.1 Å². The lowest BCUT2D eigenvalue weighted by molar-refractivity contribution is 0.586. The van der Waals surface area contributed by atoms with E-state index in [9.17, 15) is 8.42 Å². The predicted octanol–water partition coefficient (Wildman–Crippen LogP) is 1.03. The molecule has 1 heterocycles. The van der Waals surface area contributed by atoms with Crippen LogP contribution in [-0.4, -0.2) is 32.7 Å². The Balaban J connectivity index is 2.49. The summed E-state index contributed by atoms with van der Waals surface area (Å²) in [6, 6.07) is 1.52. The highest BCUT2D eigenvalue weighted by Crippen LogP contribution is 2.28. The second-order valence-electron chi connectivity index (χ2n) is 3.74. The monoisotopic (exact) mass is 327 g/mol. The Morgan fingerprint density at radius 1 is 1.26 bits per heavy atom. The summed E-state index contributed by atoms with van der Waals surface area (Å²) in [6.45, 7) is 0.833. The van der Waals surface area contributed by atoms with Gasteiger partial charge in [0, 0.05) is 13.1 Å². The van der Waals surface area contributed by atoms with Crippen LogP contribution in [0.25, 0.3) is 0 Å². The summed E-state index contributed by atoms with van der Waals surface area (Å²) in [5, 5.41) is 3.65. The molecule has 5 N–H and O–H groups in total. The highest BCUT2D eigenvalue weighted by molar-refractivity contribution is 7.88. The maximum absolute atomic E-state index is 10.8. The molecule has 108 valence electrons. The number of pyridine rings is 1. The minimum atomic E-state index is -3.16. The van der Waals surface area contributed by atoms with Gasteiger partial charge in [0.1, 0.15) is 5.82 Å². The van der Waals surface area contributed by atoms with E-state index in [0.29, 0.717) is 41.2 Å². The van der Waals surface area contributed by atoms with Crippen LogP contribution < -0.4 is 21.3 Å². The number of nitrogens with two attached hydrogens (primary N) is 1. The first-order valence-corrected chi connectivity index (χ1v) is 7.99. The van der Waals surface area contributed by atoms with Crippen LogP contribution in [0.1, 0.15) is 6.42 Å². The van der Waals surface area contributed by atoms with Gasteiger partial charge >= 0.3 is 0 Å². The van der Waals surface area contributed by atoms with Crippen molar-refractivity contribution in [3.8, 4) is 0 Å². The maximum Gasteiger partial charge on any atom is 0.208 e. The van der Waals surface area contributed by atoms with Crippen LogP contribution in [0, 0.1) is 0 Å². The zero-order valence-corrected chi connectivity index (χ0v) is 12.5. The zero-order valence-electron chi connectivity index (χ0n) is 10.2. The third kappa shape index (κ3) is 5.79. The van der Waals surface area contributed by atoms with Gasteiger partial charge in [-0.1, -0.05) is 23.2 Å². The highest BCUT2D eigenvalue weighted by Gasteiger charge is 2.08. The lowest BCUT2D eigenvalue weighted by atomic mass is 10.4. The number of hydrazine groups is 1. The molecule has 0 aliphatic heterocycles. The summed E-state index contributed by atoms with van der Waals surface area (Å²) in [5.74, 6) is 5.99. The summed E-state index contributed by atoms with van der Waals surface area (Å²) < 4.78 is 24.1. The quantitative estimate of drug-likeness (QED) is 0.338. The van der Waals surface area contributed by atoms with Gasteiger partial charge in [0.25, 0.3) is 0 Å². The molecule has 0 amide bonds. The maximum atomic E-state index is 10.8. The fraction of sp³-hybridized carbons (Fsp3) is 0.444. The van der Waals surface area contributed by atoms with E-state index in [1.807, 2.05) is 0 Å². The van der Waals surface area contributed by atoms with Crippen molar-refractivity contribution >= 4 is 44.9 Å². The summed E-state index contributed by atoms with van der Waals surface area (Å²) in [6.07, 6.45) is 1.69. The number of aromatic nitrogens is 1. The van der Waals surface area contributed by atoms with E-state index in [2.05, 4.69) is 20.4 Å². The summed E-state index contributed by atoms with van der Waals surface area (Å²) in [4.78, 5) is 4.09. The number of anilines is 2. The molecule has 0 aliphatic carbocycles. The number of hydrogen-bond acceptors (Lipinski definition) is 6. The fourth-order valence-electron chi connectivity index (χ4n) is 1.24. The molecule has 19 heavy (non-hydrogen) atoms. The number of rotatable bonds is 7. The smallest absolute Gasteiger partial charge is 0.208 e. The Bertz CT molecular complexity index is 538. The fourth-order valence-corrected chi connectivity index (χ4v) is 2.24. The molecule has 0 bridgehead atoms. The van der Waals surface area contributed by atoms with E-state index in [4.69, 9.17) is 29.0 Å². The predicted molar refractivity (Wildman–Crippen MR) is 78.0 cm³/mol. The van der Waals surface area contributed by atoms with E-state index in [0.717, 1.165) is 6.26 Å². The molecular formula is C9H15Cl2N5O2S. The minimum absolute atomic E-state index is 0.308. The Labute approximate surface area is 121 Å². The number of nitrogens with zero attached hydrogens (tertiary/aromatic N) is 1. The van der Waals surface area contributed by atoms with Crippen molar-refractivity contribution in [1.82, 2.24) is 9.71 Å². The molecule has 0 aromatic carbocycles. The first-order valence-electron chi connectivity index (χ1n) is 5.34. The Morgan fingerprint density at radius 2 is 1.89 bits per heavy atom. The Hall–Kier alpha value is -0.800. The van der Waals surface area contributed by atoms with Gasteiger partial charge in [-0.3, -0.25) is 0 Å². The second-order valence-corrected chi connectivity index (χ2v) is 6.39. The second kappa shape index (κ2) is 7.11. The van der Waals surface area contributed by atoms with E-state index in [-0.39, 0.29) is 0 Å². The van der Waals surface area contributed by atoms with Crippen LogP contribution >= 0.6 is 23.2 Å². The third-order valence-corrected chi connectivity index (χ3v) is 3.38. The van der Waals surface area contributed by atoms with Crippen molar-refractivity contribution in [3.63, 3.8) is 0 Å². The molecule has 10 heteroatoms. The summed E-state index contributed by atoms with van der Waals surface area (Å²) in [7, 11) is -3.16. The van der Waals surface area contributed by atoms with Crippen molar-refractivity contribution < 1.29 is 8.42 Å². The molecule has 0 aliphatic rings. The van der Waals surface area contributed by atoms with Gasteiger partial charge in [-0.2, -0.15) is 0 Å². The molecule has 0 atom stereocenters. The van der Waals surface area contributed by atoms with Gasteiger partial charge in [0.05, 0.1) is 16.3 Å². The largest absolute Gasteiger partial charge is 0.369 e. The van der Waals surface area contributed by atoms with Gasteiger partial charge in [-0.05, 0) is 12.5 Å².